The van der Waals surface area contributed by atoms with Gasteiger partial charge in [-0.05, 0) is 55.0 Å². The van der Waals surface area contributed by atoms with Gasteiger partial charge in [-0.2, -0.15) is 0 Å². The van der Waals surface area contributed by atoms with Crippen molar-refractivity contribution in [2.24, 2.45) is 5.92 Å². The van der Waals surface area contributed by atoms with E-state index in [1.165, 1.54) is 0 Å². The number of benzene rings is 2. The molecule has 0 radical (unpaired) electrons. The molecule has 31 heavy (non-hydrogen) atoms. The Morgan fingerprint density at radius 2 is 1.74 bits per heavy atom. The summed E-state index contributed by atoms with van der Waals surface area (Å²) in [6.45, 7) is 11.1. The van der Waals surface area contributed by atoms with Crippen LogP contribution in [0.5, 0.6) is 5.75 Å². The van der Waals surface area contributed by atoms with E-state index in [2.05, 4.69) is 25.2 Å². The van der Waals surface area contributed by atoms with Crippen LogP contribution < -0.4 is 10.1 Å². The second kappa shape index (κ2) is 11.5. The zero-order valence-corrected chi connectivity index (χ0v) is 19.7. The molecule has 1 N–H and O–H groups in total. The van der Waals surface area contributed by atoms with Crippen LogP contribution in [0.2, 0.25) is 0 Å². The van der Waals surface area contributed by atoms with Crippen LogP contribution in [0.15, 0.2) is 42.5 Å². The molecule has 0 fully saturated rings. The highest BCUT2D eigenvalue weighted by Gasteiger charge is 2.29. The Hall–Kier alpha value is -2.82. The highest BCUT2D eigenvalue weighted by Crippen LogP contribution is 2.19. The van der Waals surface area contributed by atoms with Crippen LogP contribution in [0, 0.1) is 19.8 Å². The van der Waals surface area contributed by atoms with E-state index in [1.54, 1.807) is 12.0 Å². The fraction of sp³-hybridized carbons (Fsp3) is 0.462. The van der Waals surface area contributed by atoms with E-state index in [9.17, 15) is 9.59 Å². The van der Waals surface area contributed by atoms with Crippen molar-refractivity contribution < 1.29 is 14.3 Å². The lowest BCUT2D eigenvalue weighted by atomic mass is 10.0. The van der Waals surface area contributed by atoms with E-state index < -0.39 is 6.04 Å². The lowest BCUT2D eigenvalue weighted by Crippen LogP contribution is -2.50. The molecule has 0 saturated heterocycles. The molecule has 0 bridgehead atoms. The Bertz CT molecular complexity index is 875. The van der Waals surface area contributed by atoms with Crippen molar-refractivity contribution in [3.63, 3.8) is 0 Å². The molecule has 168 valence electrons. The number of nitrogens with one attached hydrogen (secondary N) is 1. The lowest BCUT2D eigenvalue weighted by Gasteiger charge is -2.31. The van der Waals surface area contributed by atoms with Crippen molar-refractivity contribution in [1.82, 2.24) is 10.2 Å². The van der Waals surface area contributed by atoms with Crippen LogP contribution in [-0.4, -0.2) is 36.4 Å². The third kappa shape index (κ3) is 7.12. The Kier molecular flexibility index (Phi) is 9.10. The van der Waals surface area contributed by atoms with Crippen molar-refractivity contribution in [3.8, 4) is 5.75 Å². The van der Waals surface area contributed by atoms with Crippen LogP contribution in [-0.2, 0) is 22.6 Å². The highest BCUT2D eigenvalue weighted by molar-refractivity contribution is 5.88. The summed E-state index contributed by atoms with van der Waals surface area (Å²) >= 11 is 0. The SMILES string of the molecule is CC[C@@H](C(=O)NCC(C)C)N(Cc1ccc(OC)cc1)C(=O)Cc1cc(C)ccc1C. The first-order valence-electron chi connectivity index (χ1n) is 11.0. The highest BCUT2D eigenvalue weighted by atomic mass is 16.5. The first-order valence-corrected chi connectivity index (χ1v) is 11.0. The topological polar surface area (TPSA) is 58.6 Å². The van der Waals surface area contributed by atoms with Gasteiger partial charge in [0, 0.05) is 13.1 Å². The molecule has 2 amide bonds. The second-order valence-electron chi connectivity index (χ2n) is 8.54. The quantitative estimate of drug-likeness (QED) is 0.614. The van der Waals surface area contributed by atoms with E-state index in [1.807, 2.05) is 57.2 Å². The number of ether oxygens (including phenoxy) is 1. The minimum atomic E-state index is -0.515. The molecular formula is C26H36N2O3. The molecule has 2 aromatic rings. The molecule has 0 aliphatic heterocycles. The summed E-state index contributed by atoms with van der Waals surface area (Å²) in [4.78, 5) is 28.2. The average Bonchev–Trinajstić information content (AvgIpc) is 2.75. The number of carbonyl (C=O) groups is 2. The van der Waals surface area contributed by atoms with Crippen LogP contribution in [0.25, 0.3) is 0 Å². The van der Waals surface area contributed by atoms with Gasteiger partial charge in [-0.3, -0.25) is 9.59 Å². The number of amides is 2. The predicted molar refractivity (Wildman–Crippen MR) is 125 cm³/mol. The van der Waals surface area contributed by atoms with Gasteiger partial charge in [-0.1, -0.05) is 56.7 Å². The molecule has 2 aromatic carbocycles. The van der Waals surface area contributed by atoms with Gasteiger partial charge in [0.15, 0.2) is 0 Å². The molecule has 0 aromatic heterocycles. The zero-order chi connectivity index (χ0) is 23.0. The van der Waals surface area contributed by atoms with Crippen molar-refractivity contribution in [2.45, 2.75) is 60.0 Å². The number of aryl methyl sites for hydroxylation is 2. The fourth-order valence-electron chi connectivity index (χ4n) is 3.52. The number of hydrogen-bond acceptors (Lipinski definition) is 3. The number of rotatable bonds is 10. The Morgan fingerprint density at radius 1 is 1.06 bits per heavy atom. The van der Waals surface area contributed by atoms with Crippen LogP contribution in [0.1, 0.15) is 49.4 Å². The molecule has 0 heterocycles. The van der Waals surface area contributed by atoms with E-state index >= 15 is 0 Å². The zero-order valence-electron chi connectivity index (χ0n) is 19.7. The maximum absolute atomic E-state index is 13.5. The molecule has 0 aliphatic rings. The fourth-order valence-corrected chi connectivity index (χ4v) is 3.52. The van der Waals surface area contributed by atoms with Gasteiger partial charge in [0.2, 0.25) is 11.8 Å². The molecule has 2 rings (SSSR count). The van der Waals surface area contributed by atoms with Gasteiger partial charge in [0.25, 0.3) is 0 Å². The monoisotopic (exact) mass is 424 g/mol. The van der Waals surface area contributed by atoms with Crippen LogP contribution >= 0.6 is 0 Å². The molecular weight excluding hydrogens is 388 g/mol. The minimum Gasteiger partial charge on any atom is -0.497 e. The Labute approximate surface area is 186 Å². The van der Waals surface area contributed by atoms with E-state index in [-0.39, 0.29) is 18.2 Å². The summed E-state index contributed by atoms with van der Waals surface area (Å²) < 4.78 is 5.24. The maximum Gasteiger partial charge on any atom is 0.242 e. The maximum atomic E-state index is 13.5. The molecule has 0 unspecified atom stereocenters. The van der Waals surface area contributed by atoms with E-state index in [0.29, 0.717) is 25.4 Å². The summed E-state index contributed by atoms with van der Waals surface area (Å²) in [5, 5.41) is 3.00. The van der Waals surface area contributed by atoms with Gasteiger partial charge < -0.3 is 15.0 Å². The summed E-state index contributed by atoms with van der Waals surface area (Å²) in [5.74, 6) is 0.968. The Morgan fingerprint density at radius 3 is 2.32 bits per heavy atom. The normalized spacial score (nSPS) is 11.8. The third-order valence-corrected chi connectivity index (χ3v) is 5.43. The first kappa shape index (κ1) is 24.4. The van der Waals surface area contributed by atoms with Gasteiger partial charge >= 0.3 is 0 Å². The predicted octanol–water partition coefficient (Wildman–Crippen LogP) is 4.43. The molecule has 5 heteroatoms. The molecule has 0 aliphatic carbocycles. The summed E-state index contributed by atoms with van der Waals surface area (Å²) in [6.07, 6.45) is 0.830. The third-order valence-electron chi connectivity index (χ3n) is 5.43. The molecule has 0 saturated carbocycles. The summed E-state index contributed by atoms with van der Waals surface area (Å²) in [5.41, 5.74) is 4.17. The smallest absolute Gasteiger partial charge is 0.242 e. The Balaban J connectivity index is 2.30. The van der Waals surface area contributed by atoms with Crippen molar-refractivity contribution in [1.29, 1.82) is 0 Å². The number of carbonyl (C=O) groups excluding carboxylic acids is 2. The minimum absolute atomic E-state index is 0.0453. The van der Waals surface area contributed by atoms with Gasteiger partial charge in [-0.25, -0.2) is 0 Å². The average molecular weight is 425 g/mol. The van der Waals surface area contributed by atoms with Gasteiger partial charge in [-0.15, -0.1) is 0 Å². The second-order valence-corrected chi connectivity index (χ2v) is 8.54. The van der Waals surface area contributed by atoms with Crippen molar-refractivity contribution in [2.75, 3.05) is 13.7 Å². The molecule has 0 spiro atoms. The summed E-state index contributed by atoms with van der Waals surface area (Å²) in [7, 11) is 1.63. The first-order chi connectivity index (χ1) is 14.7. The van der Waals surface area contributed by atoms with Crippen LogP contribution in [0.4, 0.5) is 0 Å². The van der Waals surface area contributed by atoms with Crippen LogP contribution in [0.3, 0.4) is 0 Å². The van der Waals surface area contributed by atoms with E-state index in [4.69, 9.17) is 4.74 Å². The number of methoxy groups -OCH3 is 1. The standard InChI is InChI=1S/C26H36N2O3/c1-7-24(26(30)27-16-18(2)3)28(17-21-10-12-23(31-6)13-11-21)25(29)15-22-14-19(4)8-9-20(22)5/h8-14,18,24H,7,15-17H2,1-6H3,(H,27,30)/t24-/m0/s1. The summed E-state index contributed by atoms with van der Waals surface area (Å²) in [6, 6.07) is 13.3. The molecule has 1 atom stereocenters. The lowest BCUT2D eigenvalue weighted by molar-refractivity contribution is -0.141. The largest absolute Gasteiger partial charge is 0.497 e. The number of nitrogens with zero attached hydrogens (tertiary/aromatic N) is 1. The van der Waals surface area contributed by atoms with Gasteiger partial charge in [0.05, 0.1) is 13.5 Å². The van der Waals surface area contributed by atoms with E-state index in [0.717, 1.165) is 28.0 Å². The molecule has 5 nitrogen and oxygen atoms in total. The number of hydrogen-bond donors (Lipinski definition) is 1. The van der Waals surface area contributed by atoms with Crippen molar-refractivity contribution in [3.05, 3.63) is 64.7 Å². The van der Waals surface area contributed by atoms with Crippen molar-refractivity contribution >= 4 is 11.8 Å². The van der Waals surface area contributed by atoms with Gasteiger partial charge in [0.1, 0.15) is 11.8 Å².